The summed E-state index contributed by atoms with van der Waals surface area (Å²) >= 11 is 0. The van der Waals surface area contributed by atoms with Crippen LogP contribution in [0.1, 0.15) is 25.0 Å². The lowest BCUT2D eigenvalue weighted by Crippen LogP contribution is -2.52. The van der Waals surface area contributed by atoms with Crippen LogP contribution in [0.4, 0.5) is 11.4 Å². The molecule has 0 radical (unpaired) electrons. The van der Waals surface area contributed by atoms with Gasteiger partial charge in [0.05, 0.1) is 18.0 Å². The van der Waals surface area contributed by atoms with E-state index in [4.69, 9.17) is 4.74 Å². The highest BCUT2D eigenvalue weighted by molar-refractivity contribution is 6.05. The molecule has 0 aromatic heterocycles. The second-order valence-electron chi connectivity index (χ2n) is 7.20. The molecule has 31 heavy (non-hydrogen) atoms. The van der Waals surface area contributed by atoms with Gasteiger partial charge in [0.25, 0.3) is 5.69 Å². The average Bonchev–Trinajstić information content (AvgIpc) is 3.13. The number of ether oxygens (including phenoxy) is 1. The average molecular weight is 425 g/mol. The highest BCUT2D eigenvalue weighted by Gasteiger charge is 2.40. The summed E-state index contributed by atoms with van der Waals surface area (Å²) in [7, 11) is 0. The fourth-order valence-electron chi connectivity index (χ4n) is 3.61. The Morgan fingerprint density at radius 3 is 2.68 bits per heavy atom. The SMILES string of the molecule is CCOC(=O)[C@@H]1Cc2ccccc2N1C(=O)[C@H](C)NC(=O)Cc1cccc([N+](=O)[O-])c1. The number of hydrogen-bond acceptors (Lipinski definition) is 6. The van der Waals surface area contributed by atoms with Crippen LogP contribution in [-0.2, 0) is 32.0 Å². The summed E-state index contributed by atoms with van der Waals surface area (Å²) in [4.78, 5) is 49.8. The minimum Gasteiger partial charge on any atom is -0.464 e. The molecule has 2 amide bonds. The Kier molecular flexibility index (Phi) is 6.64. The Morgan fingerprint density at radius 1 is 1.23 bits per heavy atom. The summed E-state index contributed by atoms with van der Waals surface area (Å²) in [5.74, 6) is -1.39. The summed E-state index contributed by atoms with van der Waals surface area (Å²) in [6.07, 6.45) is 0.228. The van der Waals surface area contributed by atoms with Gasteiger partial charge in [-0.2, -0.15) is 0 Å². The Balaban J connectivity index is 1.73. The normalized spacial score (nSPS) is 15.7. The van der Waals surface area contributed by atoms with E-state index in [9.17, 15) is 24.5 Å². The number of anilines is 1. The number of esters is 1. The summed E-state index contributed by atoms with van der Waals surface area (Å²) in [5.41, 5.74) is 1.82. The summed E-state index contributed by atoms with van der Waals surface area (Å²) in [6.45, 7) is 3.43. The zero-order valence-electron chi connectivity index (χ0n) is 17.2. The van der Waals surface area contributed by atoms with Crippen molar-refractivity contribution < 1.29 is 24.0 Å². The lowest BCUT2D eigenvalue weighted by molar-refractivity contribution is -0.384. The van der Waals surface area contributed by atoms with Crippen LogP contribution >= 0.6 is 0 Å². The van der Waals surface area contributed by atoms with Gasteiger partial charge >= 0.3 is 5.97 Å². The maximum Gasteiger partial charge on any atom is 0.329 e. The van der Waals surface area contributed by atoms with Gasteiger partial charge in [-0.15, -0.1) is 0 Å². The highest BCUT2D eigenvalue weighted by Crippen LogP contribution is 2.33. The van der Waals surface area contributed by atoms with Crippen molar-refractivity contribution in [1.29, 1.82) is 0 Å². The Bertz CT molecular complexity index is 1020. The van der Waals surface area contributed by atoms with Crippen molar-refractivity contribution in [3.8, 4) is 0 Å². The molecule has 2 aromatic rings. The number of nitrogens with zero attached hydrogens (tertiary/aromatic N) is 2. The van der Waals surface area contributed by atoms with Crippen LogP contribution in [0.5, 0.6) is 0 Å². The van der Waals surface area contributed by atoms with Crippen LogP contribution in [0, 0.1) is 10.1 Å². The van der Waals surface area contributed by atoms with E-state index in [2.05, 4.69) is 5.32 Å². The summed E-state index contributed by atoms with van der Waals surface area (Å²) < 4.78 is 5.13. The topological polar surface area (TPSA) is 119 Å². The first-order valence-electron chi connectivity index (χ1n) is 9.92. The van der Waals surface area contributed by atoms with Gasteiger partial charge in [0.1, 0.15) is 12.1 Å². The predicted molar refractivity (Wildman–Crippen MR) is 112 cm³/mol. The molecule has 0 aliphatic carbocycles. The van der Waals surface area contributed by atoms with Gasteiger partial charge in [-0.25, -0.2) is 4.79 Å². The number of nitro groups is 1. The minimum atomic E-state index is -0.908. The van der Waals surface area contributed by atoms with Crippen LogP contribution < -0.4 is 10.2 Å². The van der Waals surface area contributed by atoms with Crippen LogP contribution in [0.3, 0.4) is 0 Å². The molecule has 0 spiro atoms. The quantitative estimate of drug-likeness (QED) is 0.413. The number of carbonyl (C=O) groups excluding carboxylic acids is 3. The van der Waals surface area contributed by atoms with Gasteiger partial charge in [0, 0.05) is 24.2 Å². The van der Waals surface area contributed by atoms with Gasteiger partial charge < -0.3 is 10.1 Å². The van der Waals surface area contributed by atoms with Crippen molar-refractivity contribution in [3.05, 3.63) is 69.8 Å². The number of nitrogens with one attached hydrogen (secondary N) is 1. The largest absolute Gasteiger partial charge is 0.464 e. The molecule has 1 heterocycles. The molecule has 0 saturated carbocycles. The number of fused-ring (bicyclic) bond motifs is 1. The van der Waals surface area contributed by atoms with E-state index in [0.29, 0.717) is 17.7 Å². The third-order valence-electron chi connectivity index (χ3n) is 5.01. The molecule has 1 N–H and O–H groups in total. The zero-order valence-corrected chi connectivity index (χ0v) is 17.2. The van der Waals surface area contributed by atoms with Crippen LogP contribution in [0.25, 0.3) is 0 Å². The molecule has 3 rings (SSSR count). The molecule has 0 saturated heterocycles. The first kappa shape index (κ1) is 21.9. The number of rotatable bonds is 7. The lowest BCUT2D eigenvalue weighted by atomic mass is 10.1. The van der Waals surface area contributed by atoms with Gasteiger partial charge in [-0.1, -0.05) is 30.3 Å². The smallest absolute Gasteiger partial charge is 0.329 e. The first-order chi connectivity index (χ1) is 14.8. The minimum absolute atomic E-state index is 0.111. The van der Waals surface area contributed by atoms with Crippen molar-refractivity contribution in [1.82, 2.24) is 5.32 Å². The molecule has 0 bridgehead atoms. The van der Waals surface area contributed by atoms with E-state index >= 15 is 0 Å². The summed E-state index contributed by atoms with van der Waals surface area (Å²) in [6, 6.07) is 11.3. The third kappa shape index (κ3) is 4.88. The van der Waals surface area contributed by atoms with Gasteiger partial charge in [0.15, 0.2) is 0 Å². The molecular formula is C22H23N3O6. The molecule has 162 valence electrons. The van der Waals surface area contributed by atoms with Crippen LogP contribution in [-0.4, -0.2) is 41.4 Å². The number of hydrogen-bond donors (Lipinski definition) is 1. The van der Waals surface area contributed by atoms with E-state index < -0.39 is 34.8 Å². The third-order valence-corrected chi connectivity index (χ3v) is 5.01. The van der Waals surface area contributed by atoms with E-state index in [0.717, 1.165) is 5.56 Å². The van der Waals surface area contributed by atoms with Crippen LogP contribution in [0.15, 0.2) is 48.5 Å². The highest BCUT2D eigenvalue weighted by atomic mass is 16.6. The number of amides is 2. The van der Waals surface area contributed by atoms with Crippen molar-refractivity contribution in [2.45, 2.75) is 38.8 Å². The standard InChI is InChI=1S/C22H23N3O6/c1-3-31-22(28)19-13-16-8-4-5-10-18(16)24(19)21(27)14(2)23-20(26)12-15-7-6-9-17(11-15)25(29)30/h4-11,14,19H,3,12-13H2,1-2H3,(H,23,26)/t14-,19-/m0/s1. The second kappa shape index (κ2) is 9.38. The second-order valence-corrected chi connectivity index (χ2v) is 7.20. The first-order valence-corrected chi connectivity index (χ1v) is 9.92. The Morgan fingerprint density at radius 2 is 1.97 bits per heavy atom. The molecular weight excluding hydrogens is 402 g/mol. The van der Waals surface area contributed by atoms with Crippen molar-refractivity contribution in [2.24, 2.45) is 0 Å². The van der Waals surface area contributed by atoms with E-state index in [1.165, 1.54) is 30.0 Å². The number of non-ortho nitro benzene ring substituents is 1. The monoisotopic (exact) mass is 425 g/mol. The number of benzene rings is 2. The zero-order chi connectivity index (χ0) is 22.5. The maximum atomic E-state index is 13.2. The fraction of sp³-hybridized carbons (Fsp3) is 0.318. The van der Waals surface area contributed by atoms with Crippen molar-refractivity contribution >= 4 is 29.2 Å². The van der Waals surface area contributed by atoms with E-state index in [-0.39, 0.29) is 18.7 Å². The number of nitro benzene ring substituents is 1. The molecule has 1 aliphatic rings. The Hall–Kier alpha value is -3.75. The molecule has 2 aromatic carbocycles. The lowest BCUT2D eigenvalue weighted by Gasteiger charge is -2.27. The maximum absolute atomic E-state index is 13.2. The van der Waals surface area contributed by atoms with Crippen molar-refractivity contribution in [3.63, 3.8) is 0 Å². The molecule has 0 unspecified atom stereocenters. The summed E-state index contributed by atoms with van der Waals surface area (Å²) in [5, 5.41) is 13.5. The fourth-order valence-corrected chi connectivity index (χ4v) is 3.61. The predicted octanol–water partition coefficient (Wildman–Crippen LogP) is 2.16. The Labute approximate surface area is 179 Å². The number of para-hydroxylation sites is 1. The van der Waals surface area contributed by atoms with Gasteiger partial charge in [-0.05, 0) is 31.0 Å². The molecule has 2 atom stereocenters. The number of carbonyl (C=O) groups is 3. The molecule has 1 aliphatic heterocycles. The molecule has 0 fully saturated rings. The van der Waals surface area contributed by atoms with Crippen molar-refractivity contribution in [2.75, 3.05) is 11.5 Å². The van der Waals surface area contributed by atoms with Crippen LogP contribution in [0.2, 0.25) is 0 Å². The van der Waals surface area contributed by atoms with E-state index in [1.807, 2.05) is 12.1 Å². The van der Waals surface area contributed by atoms with Gasteiger partial charge in [0.2, 0.25) is 11.8 Å². The van der Waals surface area contributed by atoms with E-state index in [1.54, 1.807) is 25.1 Å². The molecule has 9 heteroatoms. The molecule has 9 nitrogen and oxygen atoms in total. The van der Waals surface area contributed by atoms with Gasteiger partial charge in [-0.3, -0.25) is 24.6 Å².